The fraction of sp³-hybridized carbons (Fsp3) is 0. The summed E-state index contributed by atoms with van der Waals surface area (Å²) in [7, 11) is 0. The zero-order chi connectivity index (χ0) is 38.5. The maximum absolute atomic E-state index is 9.36. The monoisotopic (exact) mass is 535 g/mol. The van der Waals surface area contributed by atoms with E-state index in [1.54, 1.807) is 36.4 Å². The van der Waals surface area contributed by atoms with E-state index in [-0.39, 0.29) is 44.2 Å². The SMILES string of the molecule is [2H]c1c([2H])c([2H])c(-c2nc3ccccc3n2-c2c3c([2H])c([2H])c([2H])c([2H])c3c(-c3ccc(-c4ccccc4)cc3)c3c([2H])c([2H])c([2H])c([2H])c23)c([2H])c1[2H]. The molecular formula is C39H26N2. The van der Waals surface area contributed by atoms with Crippen molar-refractivity contribution in [2.45, 2.75) is 0 Å². The predicted octanol–water partition coefficient (Wildman–Crippen LogP) is 10.3. The van der Waals surface area contributed by atoms with Crippen molar-refractivity contribution in [3.05, 3.63) is 157 Å². The number of aromatic nitrogens is 2. The smallest absolute Gasteiger partial charge is 0.145 e. The van der Waals surface area contributed by atoms with Crippen LogP contribution in [0, 0.1) is 0 Å². The molecule has 0 atom stereocenters. The van der Waals surface area contributed by atoms with Crippen LogP contribution < -0.4 is 0 Å². The van der Waals surface area contributed by atoms with Gasteiger partial charge in [0.15, 0.2) is 0 Å². The van der Waals surface area contributed by atoms with Crippen LogP contribution in [0.3, 0.4) is 0 Å². The third kappa shape index (κ3) is 3.84. The summed E-state index contributed by atoms with van der Waals surface area (Å²) in [5.74, 6) is -0.185. The Morgan fingerprint density at radius 2 is 1.00 bits per heavy atom. The van der Waals surface area contributed by atoms with Gasteiger partial charge in [-0.1, -0.05) is 145 Å². The number of benzene rings is 7. The van der Waals surface area contributed by atoms with Crippen LogP contribution in [-0.4, -0.2) is 9.55 Å². The van der Waals surface area contributed by atoms with E-state index in [4.69, 9.17) is 17.3 Å². The molecule has 8 aromatic rings. The Morgan fingerprint density at radius 3 is 1.68 bits per heavy atom. The van der Waals surface area contributed by atoms with Gasteiger partial charge in [0.2, 0.25) is 0 Å². The van der Waals surface area contributed by atoms with Crippen LogP contribution in [0.25, 0.3) is 71.9 Å². The number of nitrogens with zero attached hydrogens (tertiary/aromatic N) is 2. The summed E-state index contributed by atoms with van der Waals surface area (Å²) >= 11 is 0. The highest BCUT2D eigenvalue weighted by Gasteiger charge is 2.21. The molecule has 1 aromatic heterocycles. The van der Waals surface area contributed by atoms with Crippen LogP contribution >= 0.6 is 0 Å². The van der Waals surface area contributed by atoms with Gasteiger partial charge in [-0.05, 0) is 45.2 Å². The summed E-state index contributed by atoms with van der Waals surface area (Å²) in [5.41, 5.74) is 2.51. The predicted molar refractivity (Wildman–Crippen MR) is 172 cm³/mol. The summed E-state index contributed by atoms with van der Waals surface area (Å²) in [6.07, 6.45) is 0. The standard InChI is InChI=1S/C39H26N2/c1-3-13-27(14-4-1)28-23-25-29(26-24-28)37-31-17-7-9-19-33(31)38(34-20-10-8-18-32(34)37)41-36-22-12-11-21-35(36)40-39(41)30-15-5-2-6-16-30/h1-26H/i2D,5D,6D,7D,8D,9D,10D,15D,16D,17D,18D,19D,20D. The molecule has 41 heavy (non-hydrogen) atoms. The first kappa shape index (κ1) is 13.7. The largest absolute Gasteiger partial charge is 0.291 e. The van der Waals surface area contributed by atoms with Gasteiger partial charge in [-0.3, -0.25) is 4.57 Å². The second kappa shape index (κ2) is 9.62. The van der Waals surface area contributed by atoms with Crippen LogP contribution in [0.4, 0.5) is 0 Å². The molecule has 0 N–H and O–H groups in total. The molecule has 0 radical (unpaired) electrons. The Balaban J connectivity index is 1.65. The lowest BCUT2D eigenvalue weighted by atomic mass is 9.89. The van der Waals surface area contributed by atoms with E-state index in [1.807, 2.05) is 42.5 Å². The molecule has 0 saturated heterocycles. The quantitative estimate of drug-likeness (QED) is 0.205. The highest BCUT2D eigenvalue weighted by molar-refractivity contribution is 6.19. The van der Waals surface area contributed by atoms with Crippen LogP contribution in [0.1, 0.15) is 17.8 Å². The van der Waals surface area contributed by atoms with Crippen molar-refractivity contribution >= 4 is 32.6 Å². The molecule has 0 aliphatic heterocycles. The van der Waals surface area contributed by atoms with Crippen molar-refractivity contribution in [1.82, 2.24) is 9.55 Å². The van der Waals surface area contributed by atoms with Crippen molar-refractivity contribution < 1.29 is 17.8 Å². The molecule has 2 heteroatoms. The summed E-state index contributed by atoms with van der Waals surface area (Å²) in [4.78, 5) is 4.72. The second-order valence-corrected chi connectivity index (χ2v) is 9.43. The fourth-order valence-corrected chi connectivity index (χ4v) is 5.36. The number of rotatable bonds is 4. The molecule has 2 nitrogen and oxygen atoms in total. The van der Waals surface area contributed by atoms with Gasteiger partial charge in [-0.15, -0.1) is 0 Å². The third-order valence-corrected chi connectivity index (χ3v) is 7.14. The van der Waals surface area contributed by atoms with Gasteiger partial charge in [0.25, 0.3) is 0 Å². The van der Waals surface area contributed by atoms with E-state index in [2.05, 4.69) is 0 Å². The number of para-hydroxylation sites is 2. The van der Waals surface area contributed by atoms with E-state index in [0.717, 1.165) is 11.1 Å². The molecule has 0 saturated carbocycles. The molecule has 0 amide bonds. The van der Waals surface area contributed by atoms with Crippen molar-refractivity contribution in [1.29, 1.82) is 0 Å². The first-order valence-corrected chi connectivity index (χ1v) is 12.9. The molecule has 7 aromatic carbocycles. The van der Waals surface area contributed by atoms with Crippen LogP contribution in [-0.2, 0) is 0 Å². The topological polar surface area (TPSA) is 17.8 Å². The minimum Gasteiger partial charge on any atom is -0.291 e. The first-order chi connectivity index (χ1) is 25.8. The lowest BCUT2D eigenvalue weighted by Crippen LogP contribution is -2.01. The molecule has 0 bridgehead atoms. The summed E-state index contributed by atoms with van der Waals surface area (Å²) in [6.45, 7) is 0. The highest BCUT2D eigenvalue weighted by atomic mass is 15.1. The second-order valence-electron chi connectivity index (χ2n) is 9.43. The molecule has 0 aliphatic rings. The van der Waals surface area contributed by atoms with Gasteiger partial charge in [0.1, 0.15) is 5.82 Å². The van der Waals surface area contributed by atoms with Gasteiger partial charge >= 0.3 is 0 Å². The zero-order valence-corrected chi connectivity index (χ0v) is 21.4. The molecule has 1 heterocycles. The molecule has 0 unspecified atom stereocenters. The van der Waals surface area contributed by atoms with Gasteiger partial charge in [-0.25, -0.2) is 4.98 Å². The summed E-state index contributed by atoms with van der Waals surface area (Å²) in [5, 5.41) is -0.300. The molecule has 8 rings (SSSR count). The van der Waals surface area contributed by atoms with Crippen LogP contribution in [0.15, 0.2) is 157 Å². The molecule has 192 valence electrons. The third-order valence-electron chi connectivity index (χ3n) is 7.14. The maximum Gasteiger partial charge on any atom is 0.145 e. The van der Waals surface area contributed by atoms with E-state index in [1.165, 1.54) is 4.57 Å². The maximum atomic E-state index is 9.36. The van der Waals surface area contributed by atoms with Gasteiger partial charge < -0.3 is 0 Å². The van der Waals surface area contributed by atoms with Crippen molar-refractivity contribution in [2.24, 2.45) is 0 Å². The van der Waals surface area contributed by atoms with E-state index < -0.39 is 78.6 Å². The van der Waals surface area contributed by atoms with Gasteiger partial charge in [-0.2, -0.15) is 0 Å². The molecular weight excluding hydrogens is 496 g/mol. The van der Waals surface area contributed by atoms with Crippen molar-refractivity contribution in [3.8, 4) is 39.3 Å². The summed E-state index contributed by atoms with van der Waals surface area (Å²) < 4.78 is 117. The molecule has 0 spiro atoms. The van der Waals surface area contributed by atoms with E-state index >= 15 is 0 Å². The number of imidazole rings is 1. The summed E-state index contributed by atoms with van der Waals surface area (Å²) in [6, 6.07) is 16.0. The Morgan fingerprint density at radius 1 is 0.463 bits per heavy atom. The lowest BCUT2D eigenvalue weighted by molar-refractivity contribution is 1.13. The molecule has 0 fully saturated rings. The lowest BCUT2D eigenvalue weighted by Gasteiger charge is -2.20. The van der Waals surface area contributed by atoms with Crippen molar-refractivity contribution in [3.63, 3.8) is 0 Å². The van der Waals surface area contributed by atoms with Gasteiger partial charge in [0.05, 0.1) is 34.5 Å². The van der Waals surface area contributed by atoms with Crippen LogP contribution in [0.2, 0.25) is 0 Å². The number of hydrogen-bond donors (Lipinski definition) is 0. The Labute approximate surface area is 257 Å². The van der Waals surface area contributed by atoms with Crippen LogP contribution in [0.5, 0.6) is 0 Å². The average Bonchev–Trinajstić information content (AvgIpc) is 3.56. The highest BCUT2D eigenvalue weighted by Crippen LogP contribution is 2.43. The Bertz CT molecular complexity index is 2790. The van der Waals surface area contributed by atoms with Gasteiger partial charge in [0, 0.05) is 16.3 Å². The fourth-order valence-electron chi connectivity index (χ4n) is 5.36. The first-order valence-electron chi connectivity index (χ1n) is 19.4. The Hall–Kier alpha value is -5.47. The zero-order valence-electron chi connectivity index (χ0n) is 34.4. The van der Waals surface area contributed by atoms with E-state index in [0.29, 0.717) is 16.6 Å². The van der Waals surface area contributed by atoms with E-state index in [9.17, 15) is 5.48 Å². The minimum atomic E-state index is -0.627. The molecule has 0 aliphatic carbocycles. The van der Waals surface area contributed by atoms with Crippen molar-refractivity contribution in [2.75, 3.05) is 0 Å². The number of hydrogen-bond acceptors (Lipinski definition) is 1. The Kier molecular flexibility index (Phi) is 3.22. The normalized spacial score (nSPS) is 15.9. The number of fused-ring (bicyclic) bond motifs is 3. The minimum absolute atomic E-state index is 0.0363. The average molecular weight is 536 g/mol.